The fourth-order valence-electron chi connectivity index (χ4n) is 2.36. The van der Waals surface area contributed by atoms with Crippen LogP contribution in [0.15, 0.2) is 71.0 Å². The zero-order valence-corrected chi connectivity index (χ0v) is 11.0. The summed E-state index contributed by atoms with van der Waals surface area (Å²) in [4.78, 5) is 0. The minimum Gasteiger partial charge on any atom is -0.455 e. The molecule has 96 valence electrons. The second kappa shape index (κ2) is 4.39. The van der Waals surface area contributed by atoms with Crippen LogP contribution in [-0.2, 0) is 0 Å². The minimum absolute atomic E-state index is 0.0811. The highest BCUT2D eigenvalue weighted by Crippen LogP contribution is 2.37. The molecule has 0 unspecified atom stereocenters. The van der Waals surface area contributed by atoms with Gasteiger partial charge in [-0.2, -0.15) is 0 Å². The van der Waals surface area contributed by atoms with E-state index in [9.17, 15) is 0 Å². The molecule has 0 N–H and O–H groups in total. The molecular formula is C18H11ClO. The summed E-state index contributed by atoms with van der Waals surface area (Å²) in [5.74, 6) is 0. The van der Waals surface area contributed by atoms with Crippen LogP contribution < -0.4 is 0 Å². The first kappa shape index (κ1) is 7.51. The third-order valence-corrected chi connectivity index (χ3v) is 3.43. The monoisotopic (exact) mass is 283 g/mol. The van der Waals surface area contributed by atoms with Crippen molar-refractivity contribution < 1.29 is 11.3 Å². The summed E-state index contributed by atoms with van der Waals surface area (Å²) in [7, 11) is 0. The molecule has 0 amide bonds. The van der Waals surface area contributed by atoms with Gasteiger partial charge in [0.15, 0.2) is 0 Å². The van der Waals surface area contributed by atoms with Gasteiger partial charge in [0.1, 0.15) is 11.2 Å². The van der Waals surface area contributed by atoms with Gasteiger partial charge in [-0.1, -0.05) is 60.0 Å². The molecule has 0 saturated heterocycles. The van der Waals surface area contributed by atoms with Gasteiger partial charge in [-0.15, -0.1) is 0 Å². The van der Waals surface area contributed by atoms with Crippen LogP contribution in [0.1, 0.15) is 6.85 Å². The van der Waals surface area contributed by atoms with E-state index >= 15 is 0 Å². The second-order valence-electron chi connectivity index (χ2n) is 4.43. The van der Waals surface area contributed by atoms with Crippen molar-refractivity contribution in [3.8, 4) is 11.1 Å². The molecule has 4 aromatic rings. The van der Waals surface area contributed by atoms with Crippen LogP contribution in [0, 0.1) is 0 Å². The van der Waals surface area contributed by atoms with Gasteiger partial charge in [0, 0.05) is 21.4 Å². The first-order valence-corrected chi connectivity index (χ1v) is 6.46. The second-order valence-corrected chi connectivity index (χ2v) is 4.86. The van der Waals surface area contributed by atoms with E-state index in [1.807, 2.05) is 24.3 Å². The van der Waals surface area contributed by atoms with Crippen molar-refractivity contribution in [3.63, 3.8) is 0 Å². The highest BCUT2D eigenvalue weighted by atomic mass is 35.5. The normalized spacial score (nSPS) is 14.8. The predicted octanol–water partition coefficient (Wildman–Crippen LogP) is 5.91. The van der Waals surface area contributed by atoms with Crippen molar-refractivity contribution >= 4 is 33.5 Å². The van der Waals surface area contributed by atoms with Gasteiger partial charge >= 0.3 is 0 Å². The molecule has 0 radical (unpaired) electrons. The third kappa shape index (κ3) is 1.71. The van der Waals surface area contributed by atoms with Crippen molar-refractivity contribution in [2.45, 2.75) is 0 Å². The average Bonchev–Trinajstić information content (AvgIpc) is 2.97. The Labute approximate surface area is 128 Å². The van der Waals surface area contributed by atoms with Gasteiger partial charge in [0.05, 0.1) is 6.85 Å². The van der Waals surface area contributed by atoms with Gasteiger partial charge in [-0.3, -0.25) is 0 Å². The lowest BCUT2D eigenvalue weighted by atomic mass is 10.0. The van der Waals surface area contributed by atoms with Gasteiger partial charge in [-0.25, -0.2) is 0 Å². The molecule has 1 nitrogen and oxygen atoms in total. The van der Waals surface area contributed by atoms with Gasteiger partial charge in [0.2, 0.25) is 0 Å². The highest BCUT2D eigenvalue weighted by Gasteiger charge is 2.13. The van der Waals surface area contributed by atoms with Crippen LogP contribution in [0.3, 0.4) is 0 Å². The summed E-state index contributed by atoms with van der Waals surface area (Å²) in [5, 5.41) is 2.00. The highest BCUT2D eigenvalue weighted by molar-refractivity contribution is 6.32. The lowest BCUT2D eigenvalue weighted by Crippen LogP contribution is -1.79. The van der Waals surface area contributed by atoms with Crippen LogP contribution in [-0.4, -0.2) is 0 Å². The molecule has 1 heterocycles. The van der Waals surface area contributed by atoms with Crippen LogP contribution >= 0.6 is 11.6 Å². The SMILES string of the molecule is [2H]c1c([2H])c([2H])c(-c2cc(Cl)cc3c2oc2ccccc23)c([2H])c1[2H]. The predicted molar refractivity (Wildman–Crippen MR) is 84.2 cm³/mol. The Morgan fingerprint density at radius 1 is 0.950 bits per heavy atom. The van der Waals surface area contributed by atoms with Crippen LogP contribution in [0.25, 0.3) is 33.1 Å². The Bertz CT molecular complexity index is 1140. The summed E-state index contributed by atoms with van der Waals surface area (Å²) in [6.07, 6.45) is 0. The van der Waals surface area contributed by atoms with Crippen LogP contribution in [0.4, 0.5) is 0 Å². The summed E-state index contributed by atoms with van der Waals surface area (Å²) in [6, 6.07) is 8.98. The number of rotatable bonds is 1. The van der Waals surface area contributed by atoms with Crippen molar-refractivity contribution in [3.05, 3.63) is 71.6 Å². The molecule has 0 fully saturated rings. The van der Waals surface area contributed by atoms with E-state index in [-0.39, 0.29) is 29.7 Å². The quantitative estimate of drug-likeness (QED) is 0.423. The van der Waals surface area contributed by atoms with E-state index in [2.05, 4.69) is 0 Å². The van der Waals surface area contributed by atoms with Crippen molar-refractivity contribution in [1.82, 2.24) is 0 Å². The Balaban J connectivity index is 2.19. The molecule has 0 atom stereocenters. The molecule has 0 bridgehead atoms. The fraction of sp³-hybridized carbons (Fsp3) is 0. The topological polar surface area (TPSA) is 13.1 Å². The first-order valence-electron chi connectivity index (χ1n) is 8.58. The Hall–Kier alpha value is -2.25. The lowest BCUT2D eigenvalue weighted by Gasteiger charge is -2.03. The Kier molecular flexibility index (Phi) is 1.65. The molecule has 0 saturated carbocycles. The fourth-order valence-corrected chi connectivity index (χ4v) is 2.58. The molecule has 0 spiro atoms. The average molecular weight is 284 g/mol. The standard InChI is InChI=1S/C18H11ClO/c19-13-10-15(12-6-2-1-3-7-12)18-16(11-13)14-8-4-5-9-17(14)20-18/h1-11H/i1D,2D,3D,6D,7D. The van der Waals surface area contributed by atoms with Gasteiger partial charge in [0.25, 0.3) is 0 Å². The van der Waals surface area contributed by atoms with Crippen molar-refractivity contribution in [2.75, 3.05) is 0 Å². The number of benzene rings is 3. The lowest BCUT2D eigenvalue weighted by molar-refractivity contribution is 0.670. The van der Waals surface area contributed by atoms with E-state index in [0.717, 1.165) is 10.8 Å². The molecule has 3 aromatic carbocycles. The number of hydrogen-bond donors (Lipinski definition) is 0. The van der Waals surface area contributed by atoms with Crippen molar-refractivity contribution in [2.24, 2.45) is 0 Å². The number of fused-ring (bicyclic) bond motifs is 3. The molecule has 0 aliphatic heterocycles. The number of halogens is 1. The van der Waals surface area contributed by atoms with E-state index in [1.54, 1.807) is 12.1 Å². The summed E-state index contributed by atoms with van der Waals surface area (Å²) >= 11 is 6.25. The molecule has 1 aromatic heterocycles. The third-order valence-electron chi connectivity index (χ3n) is 3.21. The summed E-state index contributed by atoms with van der Waals surface area (Å²) in [5.41, 5.74) is 1.56. The molecule has 0 aliphatic carbocycles. The van der Waals surface area contributed by atoms with E-state index in [1.165, 1.54) is 0 Å². The zero-order chi connectivity index (χ0) is 17.9. The Morgan fingerprint density at radius 2 is 1.75 bits per heavy atom. The van der Waals surface area contributed by atoms with Gasteiger partial charge in [-0.05, 0) is 23.8 Å². The Morgan fingerprint density at radius 3 is 2.60 bits per heavy atom. The number of para-hydroxylation sites is 1. The molecule has 20 heavy (non-hydrogen) atoms. The number of hydrogen-bond acceptors (Lipinski definition) is 1. The largest absolute Gasteiger partial charge is 0.455 e. The number of furan rings is 1. The van der Waals surface area contributed by atoms with Crippen LogP contribution in [0.2, 0.25) is 5.02 Å². The van der Waals surface area contributed by atoms with Crippen LogP contribution in [0.5, 0.6) is 0 Å². The zero-order valence-electron chi connectivity index (χ0n) is 15.3. The molecule has 0 aliphatic rings. The molecule has 4 rings (SSSR count). The smallest absolute Gasteiger partial charge is 0.143 e. The maximum atomic E-state index is 8.20. The first-order chi connectivity index (χ1) is 11.9. The van der Waals surface area contributed by atoms with E-state index < -0.39 is 6.04 Å². The maximum absolute atomic E-state index is 8.20. The van der Waals surface area contributed by atoms with Gasteiger partial charge < -0.3 is 4.42 Å². The molecule has 2 heteroatoms. The van der Waals surface area contributed by atoms with E-state index in [4.69, 9.17) is 22.9 Å². The van der Waals surface area contributed by atoms with E-state index in [0.29, 0.717) is 21.8 Å². The maximum Gasteiger partial charge on any atom is 0.143 e. The van der Waals surface area contributed by atoms with Crippen molar-refractivity contribution in [1.29, 1.82) is 0 Å². The summed E-state index contributed by atoms with van der Waals surface area (Å²) in [6.45, 7) is 0. The summed E-state index contributed by atoms with van der Waals surface area (Å²) < 4.78 is 45.8. The minimum atomic E-state index is -0.429. The molecular weight excluding hydrogens is 268 g/mol.